The lowest BCUT2D eigenvalue weighted by atomic mass is 10.2. The van der Waals surface area contributed by atoms with Gasteiger partial charge in [0, 0.05) is 5.57 Å². The van der Waals surface area contributed by atoms with Gasteiger partial charge in [0.15, 0.2) is 0 Å². The van der Waals surface area contributed by atoms with Crippen molar-refractivity contribution in [3.8, 4) is 0 Å². The van der Waals surface area contributed by atoms with Gasteiger partial charge >= 0.3 is 5.97 Å². The molecule has 0 saturated carbocycles. The van der Waals surface area contributed by atoms with Crippen LogP contribution in [0.15, 0.2) is 11.6 Å². The summed E-state index contributed by atoms with van der Waals surface area (Å²) in [6.45, 7) is 6.00. The van der Waals surface area contributed by atoms with E-state index in [0.717, 1.165) is 6.42 Å². The highest BCUT2D eigenvalue weighted by atomic mass is 16.4. The van der Waals surface area contributed by atoms with Crippen LogP contribution in [-0.4, -0.2) is 24.2 Å². The molecule has 1 fully saturated rings. The number of hydrogen-bond donors (Lipinski definition) is 2. The minimum atomic E-state index is -0.827. The SMILES string of the molecule is C1CCNCC1.CCC=C(C)C(=O)O. The van der Waals surface area contributed by atoms with Crippen LogP contribution < -0.4 is 5.32 Å². The Balaban J connectivity index is 0.000000249. The number of allylic oxidation sites excluding steroid dienone is 1. The minimum absolute atomic E-state index is 0.424. The van der Waals surface area contributed by atoms with Gasteiger partial charge in [-0.2, -0.15) is 0 Å². The molecule has 3 heteroatoms. The van der Waals surface area contributed by atoms with E-state index in [1.165, 1.54) is 32.4 Å². The zero-order valence-electron chi connectivity index (χ0n) is 9.18. The fourth-order valence-electron chi connectivity index (χ4n) is 1.20. The number of hydrogen-bond acceptors (Lipinski definition) is 2. The number of carbonyl (C=O) groups is 1. The van der Waals surface area contributed by atoms with Gasteiger partial charge in [0.2, 0.25) is 0 Å². The van der Waals surface area contributed by atoms with Crippen LogP contribution in [0.25, 0.3) is 0 Å². The Labute approximate surface area is 86.2 Å². The third-order valence-corrected chi connectivity index (χ3v) is 2.05. The molecule has 0 bridgehead atoms. The fourth-order valence-corrected chi connectivity index (χ4v) is 1.20. The zero-order chi connectivity index (χ0) is 10.8. The van der Waals surface area contributed by atoms with Crippen LogP contribution in [0.2, 0.25) is 0 Å². The van der Waals surface area contributed by atoms with Crippen molar-refractivity contribution in [1.29, 1.82) is 0 Å². The summed E-state index contributed by atoms with van der Waals surface area (Å²) in [6, 6.07) is 0. The zero-order valence-corrected chi connectivity index (χ0v) is 9.18. The third-order valence-electron chi connectivity index (χ3n) is 2.05. The molecule has 0 aromatic heterocycles. The highest BCUT2D eigenvalue weighted by Crippen LogP contribution is 1.96. The first-order chi connectivity index (χ1) is 6.68. The van der Waals surface area contributed by atoms with Gasteiger partial charge in [-0.1, -0.05) is 19.4 Å². The summed E-state index contributed by atoms with van der Waals surface area (Å²) in [6.07, 6.45) is 6.69. The molecule has 1 rings (SSSR count). The Kier molecular flexibility index (Phi) is 8.24. The molecule has 0 unspecified atom stereocenters. The predicted octanol–water partition coefficient (Wildman–Crippen LogP) is 2.19. The number of nitrogens with one attached hydrogen (secondary N) is 1. The molecule has 0 aliphatic carbocycles. The van der Waals surface area contributed by atoms with Crippen LogP contribution >= 0.6 is 0 Å². The Bertz CT molecular complexity index is 172. The Morgan fingerprint density at radius 3 is 2.07 bits per heavy atom. The first-order valence-electron chi connectivity index (χ1n) is 5.29. The highest BCUT2D eigenvalue weighted by Gasteiger charge is 1.95. The van der Waals surface area contributed by atoms with Crippen LogP contribution in [0.5, 0.6) is 0 Å². The maximum absolute atomic E-state index is 10.0. The normalized spacial score (nSPS) is 16.9. The molecule has 1 heterocycles. The van der Waals surface area contributed by atoms with Crippen molar-refractivity contribution >= 4 is 5.97 Å². The summed E-state index contributed by atoms with van der Waals surface area (Å²) >= 11 is 0. The molecule has 0 spiro atoms. The molecule has 3 nitrogen and oxygen atoms in total. The van der Waals surface area contributed by atoms with E-state index in [1.54, 1.807) is 13.0 Å². The van der Waals surface area contributed by atoms with E-state index in [2.05, 4.69) is 5.32 Å². The molecule has 0 atom stereocenters. The van der Waals surface area contributed by atoms with Gasteiger partial charge in [0.1, 0.15) is 0 Å². The van der Waals surface area contributed by atoms with Crippen LogP contribution in [0, 0.1) is 0 Å². The first-order valence-corrected chi connectivity index (χ1v) is 5.29. The number of piperidine rings is 1. The van der Waals surface area contributed by atoms with Crippen LogP contribution in [0.4, 0.5) is 0 Å². The van der Waals surface area contributed by atoms with Gasteiger partial charge in [-0.25, -0.2) is 4.79 Å². The Morgan fingerprint density at radius 1 is 1.36 bits per heavy atom. The maximum Gasteiger partial charge on any atom is 0.330 e. The molecule has 0 amide bonds. The molecular weight excluding hydrogens is 178 g/mol. The topological polar surface area (TPSA) is 49.3 Å². The summed E-state index contributed by atoms with van der Waals surface area (Å²) in [7, 11) is 0. The average molecular weight is 199 g/mol. The smallest absolute Gasteiger partial charge is 0.330 e. The average Bonchev–Trinajstić information content (AvgIpc) is 2.21. The van der Waals surface area contributed by atoms with Crippen molar-refractivity contribution < 1.29 is 9.90 Å². The highest BCUT2D eigenvalue weighted by molar-refractivity contribution is 5.85. The quantitative estimate of drug-likeness (QED) is 0.670. The maximum atomic E-state index is 10.0. The van der Waals surface area contributed by atoms with E-state index in [-0.39, 0.29) is 0 Å². The first kappa shape index (κ1) is 13.2. The molecule has 0 radical (unpaired) electrons. The van der Waals surface area contributed by atoms with Crippen LogP contribution in [0.1, 0.15) is 39.5 Å². The molecule has 82 valence electrons. The fraction of sp³-hybridized carbons (Fsp3) is 0.727. The van der Waals surface area contributed by atoms with Crippen molar-refractivity contribution in [2.75, 3.05) is 13.1 Å². The van der Waals surface area contributed by atoms with Crippen molar-refractivity contribution in [2.45, 2.75) is 39.5 Å². The number of carboxylic acid groups (broad SMARTS) is 1. The second kappa shape index (κ2) is 8.75. The van der Waals surface area contributed by atoms with Crippen molar-refractivity contribution in [3.05, 3.63) is 11.6 Å². The Hall–Kier alpha value is -0.830. The lowest BCUT2D eigenvalue weighted by Gasteiger charge is -2.08. The number of rotatable bonds is 2. The minimum Gasteiger partial charge on any atom is -0.478 e. The van der Waals surface area contributed by atoms with Gasteiger partial charge in [-0.3, -0.25) is 0 Å². The second-order valence-electron chi connectivity index (χ2n) is 3.41. The number of aliphatic carboxylic acids is 1. The van der Waals surface area contributed by atoms with Crippen molar-refractivity contribution in [3.63, 3.8) is 0 Å². The molecule has 2 N–H and O–H groups in total. The summed E-state index contributed by atoms with van der Waals surface area (Å²) in [4.78, 5) is 10.0. The van der Waals surface area contributed by atoms with Gasteiger partial charge in [-0.15, -0.1) is 0 Å². The molecular formula is C11H21NO2. The summed E-state index contributed by atoms with van der Waals surface area (Å²) in [5.41, 5.74) is 0.424. The van der Waals surface area contributed by atoms with E-state index in [9.17, 15) is 4.79 Å². The summed E-state index contributed by atoms with van der Waals surface area (Å²) in [5, 5.41) is 11.5. The lowest BCUT2D eigenvalue weighted by Crippen LogP contribution is -2.21. The van der Waals surface area contributed by atoms with Crippen molar-refractivity contribution in [1.82, 2.24) is 5.32 Å². The van der Waals surface area contributed by atoms with E-state index in [0.29, 0.717) is 5.57 Å². The van der Waals surface area contributed by atoms with E-state index >= 15 is 0 Å². The monoisotopic (exact) mass is 199 g/mol. The molecule has 14 heavy (non-hydrogen) atoms. The van der Waals surface area contributed by atoms with Crippen molar-refractivity contribution in [2.24, 2.45) is 0 Å². The third kappa shape index (κ3) is 7.80. The standard InChI is InChI=1S/C6H10O2.C5H11N/c1-3-4-5(2)6(7)8;1-2-4-6-5-3-1/h4H,3H2,1-2H3,(H,7,8);6H,1-5H2. The van der Waals surface area contributed by atoms with Gasteiger partial charge < -0.3 is 10.4 Å². The molecule has 1 aliphatic heterocycles. The lowest BCUT2D eigenvalue weighted by molar-refractivity contribution is -0.132. The summed E-state index contributed by atoms with van der Waals surface area (Å²) in [5.74, 6) is -0.827. The van der Waals surface area contributed by atoms with Crippen LogP contribution in [-0.2, 0) is 4.79 Å². The van der Waals surface area contributed by atoms with E-state index < -0.39 is 5.97 Å². The Morgan fingerprint density at radius 2 is 1.93 bits per heavy atom. The van der Waals surface area contributed by atoms with Gasteiger partial charge in [0.05, 0.1) is 0 Å². The van der Waals surface area contributed by atoms with Crippen LogP contribution in [0.3, 0.4) is 0 Å². The van der Waals surface area contributed by atoms with E-state index in [4.69, 9.17) is 5.11 Å². The predicted molar refractivity (Wildman–Crippen MR) is 58.4 cm³/mol. The molecule has 0 aromatic rings. The summed E-state index contributed by atoms with van der Waals surface area (Å²) < 4.78 is 0. The van der Waals surface area contributed by atoms with E-state index in [1.807, 2.05) is 6.92 Å². The van der Waals surface area contributed by atoms with Gasteiger partial charge in [-0.05, 0) is 39.3 Å². The van der Waals surface area contributed by atoms with Gasteiger partial charge in [0.25, 0.3) is 0 Å². The second-order valence-corrected chi connectivity index (χ2v) is 3.41. The molecule has 0 aromatic carbocycles. The molecule has 1 saturated heterocycles. The number of carboxylic acids is 1. The largest absolute Gasteiger partial charge is 0.478 e. The molecule has 1 aliphatic rings.